The second-order valence-electron chi connectivity index (χ2n) is 13.9. The van der Waals surface area contributed by atoms with Gasteiger partial charge in [0.05, 0.1) is 5.41 Å². The van der Waals surface area contributed by atoms with Gasteiger partial charge in [-0.1, -0.05) is 34.6 Å². The fourth-order valence-electron chi connectivity index (χ4n) is 10.9. The SMILES string of the molecule is CC(=O)[C@@H]1CC[C@]2(C(=O)O)CC[C@]3(C)[C@H](CC[C@@H]4[C@@]5(C)C=C(O)C(=O)C(C)(C)[C@@H]5CC[C@]43C)[C@@H]12. The molecule has 4 saturated carbocycles. The largest absolute Gasteiger partial charge is 0.505 e. The third-order valence-electron chi connectivity index (χ3n) is 12.7. The van der Waals surface area contributed by atoms with E-state index in [1.165, 1.54) is 0 Å². The molecule has 5 aliphatic carbocycles. The maximum atomic E-state index is 12.9. The van der Waals surface area contributed by atoms with Crippen molar-refractivity contribution < 1.29 is 24.6 Å². The minimum atomic E-state index is -0.762. The van der Waals surface area contributed by atoms with Gasteiger partial charge in [0.15, 0.2) is 5.76 Å². The molecule has 0 aliphatic heterocycles. The van der Waals surface area contributed by atoms with Gasteiger partial charge in [-0.05, 0) is 104 Å². The summed E-state index contributed by atoms with van der Waals surface area (Å²) in [6.07, 6.45) is 8.54. The summed E-state index contributed by atoms with van der Waals surface area (Å²) >= 11 is 0. The Bertz CT molecular complexity index is 994. The van der Waals surface area contributed by atoms with Crippen molar-refractivity contribution in [3.8, 4) is 0 Å². The predicted octanol–water partition coefficient (Wildman–Crippen LogP) is 5.97. The number of hydrogen-bond acceptors (Lipinski definition) is 4. The van der Waals surface area contributed by atoms with Gasteiger partial charge < -0.3 is 10.2 Å². The second-order valence-corrected chi connectivity index (χ2v) is 13.9. The number of Topliss-reactive ketones (excluding diaryl/α,β-unsaturated/α-hetero) is 2. The van der Waals surface area contributed by atoms with Gasteiger partial charge in [0.25, 0.3) is 0 Å². The number of aliphatic carboxylic acids is 1. The molecule has 0 spiro atoms. The van der Waals surface area contributed by atoms with Crippen molar-refractivity contribution in [2.24, 2.45) is 56.7 Å². The minimum absolute atomic E-state index is 0.0387. The van der Waals surface area contributed by atoms with Crippen LogP contribution in [-0.4, -0.2) is 27.7 Å². The molecule has 0 radical (unpaired) electrons. The van der Waals surface area contributed by atoms with Crippen LogP contribution in [0, 0.1) is 56.7 Å². The molecule has 0 amide bonds. The first-order chi connectivity index (χ1) is 15.7. The number of carboxylic acid groups (broad SMARTS) is 1. The number of ketones is 2. The van der Waals surface area contributed by atoms with Crippen molar-refractivity contribution in [2.75, 3.05) is 0 Å². The summed E-state index contributed by atoms with van der Waals surface area (Å²) in [6, 6.07) is 0. The molecule has 4 fully saturated rings. The monoisotopic (exact) mass is 470 g/mol. The number of carbonyl (C=O) groups excluding carboxylic acids is 2. The van der Waals surface area contributed by atoms with E-state index < -0.39 is 16.8 Å². The second kappa shape index (κ2) is 6.97. The predicted molar refractivity (Wildman–Crippen MR) is 129 cm³/mol. The van der Waals surface area contributed by atoms with Gasteiger partial charge in [0, 0.05) is 11.3 Å². The van der Waals surface area contributed by atoms with Gasteiger partial charge in [-0.2, -0.15) is 0 Å². The molecule has 9 atom stereocenters. The lowest BCUT2D eigenvalue weighted by molar-refractivity contribution is -0.222. The standard InChI is InChI=1S/C29H42O5/c1-16(30)17-9-12-29(24(33)34)14-13-27(5)18(22(17)29)7-8-21-26(4)15-19(31)23(32)25(2,3)20(26)10-11-28(21,27)6/h15,17-18,20-22,31H,7-14H2,1-6H3,(H,33,34)/t17-,18+,20-,21+,22+,26-,27+,28+,29-/m0/s1. The number of hydrogen-bond donors (Lipinski definition) is 2. The fourth-order valence-corrected chi connectivity index (χ4v) is 10.9. The van der Waals surface area contributed by atoms with Crippen LogP contribution in [0.2, 0.25) is 0 Å². The number of rotatable bonds is 2. The molecular weight excluding hydrogens is 428 g/mol. The number of fused-ring (bicyclic) bond motifs is 7. The summed E-state index contributed by atoms with van der Waals surface area (Å²) < 4.78 is 0. The van der Waals surface area contributed by atoms with Gasteiger partial charge in [-0.15, -0.1) is 0 Å². The molecule has 0 aromatic rings. The van der Waals surface area contributed by atoms with Crippen molar-refractivity contribution in [1.29, 1.82) is 0 Å². The van der Waals surface area contributed by atoms with Crippen LogP contribution >= 0.6 is 0 Å². The zero-order valence-electron chi connectivity index (χ0n) is 21.7. The molecule has 0 aromatic heterocycles. The molecule has 0 aromatic carbocycles. The molecule has 2 N–H and O–H groups in total. The van der Waals surface area contributed by atoms with Gasteiger partial charge in [0.1, 0.15) is 5.78 Å². The van der Waals surface area contributed by atoms with E-state index >= 15 is 0 Å². The van der Waals surface area contributed by atoms with E-state index in [4.69, 9.17) is 0 Å². The van der Waals surface area contributed by atoms with Crippen molar-refractivity contribution >= 4 is 17.5 Å². The van der Waals surface area contributed by atoms with E-state index in [0.717, 1.165) is 32.1 Å². The molecule has 0 unspecified atom stereocenters. The van der Waals surface area contributed by atoms with Gasteiger partial charge in [-0.3, -0.25) is 14.4 Å². The number of carboxylic acids is 1. The molecule has 188 valence electrons. The average Bonchev–Trinajstić information content (AvgIpc) is 3.14. The molecule has 5 nitrogen and oxygen atoms in total. The summed E-state index contributed by atoms with van der Waals surface area (Å²) in [5.74, 6) is -0.304. The number of aliphatic hydroxyl groups is 1. The van der Waals surface area contributed by atoms with E-state index in [2.05, 4.69) is 20.8 Å². The smallest absolute Gasteiger partial charge is 0.309 e. The molecule has 5 aliphatic rings. The average molecular weight is 471 g/mol. The third kappa shape index (κ3) is 2.60. The maximum absolute atomic E-state index is 12.9. The first-order valence-corrected chi connectivity index (χ1v) is 13.4. The Morgan fingerprint density at radius 1 is 0.882 bits per heavy atom. The Hall–Kier alpha value is -1.65. The van der Waals surface area contributed by atoms with Crippen LogP contribution in [-0.2, 0) is 14.4 Å². The van der Waals surface area contributed by atoms with Crippen molar-refractivity contribution in [3.05, 3.63) is 11.8 Å². The first-order valence-electron chi connectivity index (χ1n) is 13.4. The Morgan fingerprint density at radius 2 is 1.56 bits per heavy atom. The maximum Gasteiger partial charge on any atom is 0.309 e. The van der Waals surface area contributed by atoms with Crippen LogP contribution in [0.1, 0.15) is 92.9 Å². The minimum Gasteiger partial charge on any atom is -0.505 e. The van der Waals surface area contributed by atoms with Gasteiger partial charge in [0.2, 0.25) is 5.78 Å². The Labute approximate surface area is 203 Å². The van der Waals surface area contributed by atoms with Crippen LogP contribution in [0.3, 0.4) is 0 Å². The fraction of sp³-hybridized carbons (Fsp3) is 0.828. The highest BCUT2D eigenvalue weighted by molar-refractivity contribution is 5.98. The third-order valence-corrected chi connectivity index (χ3v) is 12.7. The van der Waals surface area contributed by atoms with Crippen molar-refractivity contribution in [3.63, 3.8) is 0 Å². The molecule has 5 rings (SSSR count). The number of carbonyl (C=O) groups is 3. The highest BCUT2D eigenvalue weighted by atomic mass is 16.4. The quantitative estimate of drug-likeness (QED) is 0.518. The summed E-state index contributed by atoms with van der Waals surface area (Å²) in [5.41, 5.74) is -1.74. The van der Waals surface area contributed by atoms with Crippen LogP contribution < -0.4 is 0 Å². The molecule has 0 bridgehead atoms. The first kappa shape index (κ1) is 24.1. The lowest BCUT2D eigenvalue weighted by atomic mass is 9.33. The van der Waals surface area contributed by atoms with E-state index in [1.807, 2.05) is 19.9 Å². The van der Waals surface area contributed by atoms with Crippen molar-refractivity contribution in [2.45, 2.75) is 92.9 Å². The number of allylic oxidation sites excluding steroid dienone is 2. The Morgan fingerprint density at radius 3 is 2.18 bits per heavy atom. The highest BCUT2D eigenvalue weighted by Gasteiger charge is 2.72. The van der Waals surface area contributed by atoms with Gasteiger partial charge >= 0.3 is 5.97 Å². The Kier molecular flexibility index (Phi) is 4.94. The van der Waals surface area contributed by atoms with E-state index in [9.17, 15) is 24.6 Å². The topological polar surface area (TPSA) is 91.7 Å². The lowest BCUT2D eigenvalue weighted by Gasteiger charge is -2.71. The summed E-state index contributed by atoms with van der Waals surface area (Å²) in [6.45, 7) is 12.7. The molecule has 5 heteroatoms. The van der Waals surface area contributed by atoms with Crippen LogP contribution in [0.4, 0.5) is 0 Å². The van der Waals surface area contributed by atoms with E-state index in [-0.39, 0.29) is 57.2 Å². The van der Waals surface area contributed by atoms with Gasteiger partial charge in [-0.25, -0.2) is 0 Å². The van der Waals surface area contributed by atoms with Crippen LogP contribution in [0.25, 0.3) is 0 Å². The highest BCUT2D eigenvalue weighted by Crippen LogP contribution is 2.76. The summed E-state index contributed by atoms with van der Waals surface area (Å²) in [5, 5.41) is 21.1. The van der Waals surface area contributed by atoms with Crippen LogP contribution in [0.5, 0.6) is 0 Å². The Balaban J connectivity index is 1.61. The zero-order chi connectivity index (χ0) is 25.1. The molecule has 0 heterocycles. The van der Waals surface area contributed by atoms with Crippen LogP contribution in [0.15, 0.2) is 11.8 Å². The normalized spacial score (nSPS) is 51.4. The molecular formula is C29H42O5. The van der Waals surface area contributed by atoms with E-state index in [0.29, 0.717) is 25.2 Å². The molecule has 0 saturated heterocycles. The van der Waals surface area contributed by atoms with E-state index in [1.54, 1.807) is 6.92 Å². The number of aliphatic hydroxyl groups excluding tert-OH is 1. The molecule has 34 heavy (non-hydrogen) atoms. The zero-order valence-corrected chi connectivity index (χ0v) is 21.7. The van der Waals surface area contributed by atoms with Crippen molar-refractivity contribution in [1.82, 2.24) is 0 Å². The summed E-state index contributed by atoms with van der Waals surface area (Å²) in [7, 11) is 0. The lowest BCUT2D eigenvalue weighted by Crippen LogP contribution is -2.66. The summed E-state index contributed by atoms with van der Waals surface area (Å²) in [4.78, 5) is 38.3.